The maximum Gasteiger partial charge on any atom is 0.350 e. The Bertz CT molecular complexity index is 523. The fraction of sp³-hybridized carbons (Fsp3) is 0.538. The predicted molar refractivity (Wildman–Crippen MR) is 77.3 cm³/mol. The van der Waals surface area contributed by atoms with E-state index in [0.717, 1.165) is 30.6 Å². The van der Waals surface area contributed by atoms with Gasteiger partial charge < -0.3 is 20.5 Å². The Labute approximate surface area is 121 Å². The number of carbonyl (C=O) groups excluding carboxylic acids is 2. The van der Waals surface area contributed by atoms with Crippen molar-refractivity contribution in [2.45, 2.75) is 32.2 Å². The predicted octanol–water partition coefficient (Wildman–Crippen LogP) is 2.26. The second kappa shape index (κ2) is 6.13. The van der Waals surface area contributed by atoms with E-state index in [1.807, 2.05) is 0 Å². The van der Waals surface area contributed by atoms with Crippen LogP contribution in [-0.4, -0.2) is 31.7 Å². The first-order chi connectivity index (χ1) is 9.58. The molecule has 2 rings (SSSR count). The SMILES string of the molecule is CCOC(=O)c1c(NC2CCC2)sc(C(=O)OC)c1N. The van der Waals surface area contributed by atoms with Crippen LogP contribution in [0, 0.1) is 0 Å². The van der Waals surface area contributed by atoms with Crippen LogP contribution >= 0.6 is 11.3 Å². The van der Waals surface area contributed by atoms with Gasteiger partial charge in [0.05, 0.1) is 19.4 Å². The zero-order valence-corrected chi connectivity index (χ0v) is 12.3. The lowest BCUT2D eigenvalue weighted by molar-refractivity contribution is 0.0529. The van der Waals surface area contributed by atoms with E-state index in [-0.39, 0.29) is 22.7 Å². The molecule has 0 spiro atoms. The number of thiophene rings is 1. The van der Waals surface area contributed by atoms with E-state index in [0.29, 0.717) is 11.0 Å². The van der Waals surface area contributed by atoms with Crippen molar-refractivity contribution >= 4 is 34.0 Å². The summed E-state index contributed by atoms with van der Waals surface area (Å²) in [4.78, 5) is 23.9. The summed E-state index contributed by atoms with van der Waals surface area (Å²) in [6.45, 7) is 1.98. The summed E-state index contributed by atoms with van der Waals surface area (Å²) in [5, 5.41) is 3.85. The van der Waals surface area contributed by atoms with Crippen LogP contribution in [0.3, 0.4) is 0 Å². The van der Waals surface area contributed by atoms with E-state index in [9.17, 15) is 9.59 Å². The second-order valence-electron chi connectivity index (χ2n) is 4.53. The van der Waals surface area contributed by atoms with Crippen LogP contribution in [0.15, 0.2) is 0 Å². The molecule has 0 saturated heterocycles. The zero-order valence-electron chi connectivity index (χ0n) is 11.5. The van der Waals surface area contributed by atoms with Crippen LogP contribution in [0.25, 0.3) is 0 Å². The molecule has 110 valence electrons. The highest BCUT2D eigenvalue weighted by molar-refractivity contribution is 7.19. The number of esters is 2. The van der Waals surface area contributed by atoms with Gasteiger partial charge in [-0.05, 0) is 26.2 Å². The lowest BCUT2D eigenvalue weighted by atomic mass is 9.93. The molecule has 1 aliphatic rings. The first kappa shape index (κ1) is 14.6. The van der Waals surface area contributed by atoms with E-state index >= 15 is 0 Å². The number of anilines is 2. The average Bonchev–Trinajstić information content (AvgIpc) is 2.70. The number of nitrogens with two attached hydrogens (primary N) is 1. The van der Waals surface area contributed by atoms with Crippen LogP contribution in [0.4, 0.5) is 10.7 Å². The van der Waals surface area contributed by atoms with Gasteiger partial charge in [0.1, 0.15) is 15.4 Å². The monoisotopic (exact) mass is 298 g/mol. The van der Waals surface area contributed by atoms with Crippen molar-refractivity contribution in [3.63, 3.8) is 0 Å². The Balaban J connectivity index is 2.35. The summed E-state index contributed by atoms with van der Waals surface area (Å²) in [5.74, 6) is -1.06. The summed E-state index contributed by atoms with van der Waals surface area (Å²) >= 11 is 1.14. The minimum atomic E-state index is -0.542. The van der Waals surface area contributed by atoms with Crippen LogP contribution in [-0.2, 0) is 9.47 Å². The smallest absolute Gasteiger partial charge is 0.350 e. The molecule has 0 atom stereocenters. The van der Waals surface area contributed by atoms with Crippen LogP contribution in [0.5, 0.6) is 0 Å². The van der Waals surface area contributed by atoms with Crippen molar-refractivity contribution in [2.75, 3.05) is 24.8 Å². The Morgan fingerprint density at radius 2 is 2.10 bits per heavy atom. The van der Waals surface area contributed by atoms with Crippen molar-refractivity contribution in [1.29, 1.82) is 0 Å². The summed E-state index contributed by atoms with van der Waals surface area (Å²) in [7, 11) is 1.28. The van der Waals surface area contributed by atoms with Crippen LogP contribution < -0.4 is 11.1 Å². The summed E-state index contributed by atoms with van der Waals surface area (Å²) < 4.78 is 9.69. The first-order valence-corrected chi connectivity index (χ1v) is 7.34. The molecule has 6 nitrogen and oxygen atoms in total. The molecule has 20 heavy (non-hydrogen) atoms. The van der Waals surface area contributed by atoms with Crippen LogP contribution in [0.1, 0.15) is 46.2 Å². The molecule has 1 fully saturated rings. The maximum absolute atomic E-state index is 12.0. The van der Waals surface area contributed by atoms with Gasteiger partial charge in [-0.1, -0.05) is 0 Å². The molecule has 1 aromatic heterocycles. The number of methoxy groups -OCH3 is 1. The van der Waals surface area contributed by atoms with E-state index in [1.54, 1.807) is 6.92 Å². The van der Waals surface area contributed by atoms with Crippen LogP contribution in [0.2, 0.25) is 0 Å². The molecule has 1 aromatic rings. The lowest BCUT2D eigenvalue weighted by Crippen LogP contribution is -2.27. The fourth-order valence-electron chi connectivity index (χ4n) is 1.93. The Kier molecular flexibility index (Phi) is 4.49. The van der Waals surface area contributed by atoms with Crippen molar-refractivity contribution in [3.05, 3.63) is 10.4 Å². The first-order valence-electron chi connectivity index (χ1n) is 6.52. The summed E-state index contributed by atoms with van der Waals surface area (Å²) in [6, 6.07) is 0.326. The quantitative estimate of drug-likeness (QED) is 0.810. The lowest BCUT2D eigenvalue weighted by Gasteiger charge is -2.27. The van der Waals surface area contributed by atoms with Crippen molar-refractivity contribution in [2.24, 2.45) is 0 Å². The van der Waals surface area contributed by atoms with Crippen molar-refractivity contribution in [1.82, 2.24) is 0 Å². The molecule has 0 amide bonds. The van der Waals surface area contributed by atoms with Gasteiger partial charge >= 0.3 is 11.9 Å². The molecule has 1 heterocycles. The highest BCUT2D eigenvalue weighted by atomic mass is 32.1. The second-order valence-corrected chi connectivity index (χ2v) is 5.55. The number of hydrogen-bond donors (Lipinski definition) is 2. The Morgan fingerprint density at radius 1 is 1.40 bits per heavy atom. The molecular weight excluding hydrogens is 280 g/mol. The number of nitrogen functional groups attached to an aromatic ring is 1. The molecule has 1 aliphatic carbocycles. The van der Waals surface area contributed by atoms with Gasteiger partial charge in [0.25, 0.3) is 0 Å². The highest BCUT2D eigenvalue weighted by Gasteiger charge is 2.29. The third-order valence-corrected chi connectivity index (χ3v) is 4.35. The van der Waals surface area contributed by atoms with E-state index in [1.165, 1.54) is 7.11 Å². The number of ether oxygens (including phenoxy) is 2. The van der Waals surface area contributed by atoms with Gasteiger partial charge in [-0.2, -0.15) is 0 Å². The van der Waals surface area contributed by atoms with Crippen molar-refractivity contribution < 1.29 is 19.1 Å². The summed E-state index contributed by atoms with van der Waals surface area (Å²) in [6.07, 6.45) is 3.26. The normalized spacial score (nSPS) is 14.5. The van der Waals surface area contributed by atoms with Gasteiger partial charge in [-0.25, -0.2) is 9.59 Å². The fourth-order valence-corrected chi connectivity index (χ4v) is 3.04. The number of rotatable bonds is 5. The van der Waals surface area contributed by atoms with Gasteiger partial charge in [-0.15, -0.1) is 11.3 Å². The summed E-state index contributed by atoms with van der Waals surface area (Å²) in [5.41, 5.74) is 6.28. The zero-order chi connectivity index (χ0) is 14.7. The number of carbonyl (C=O) groups is 2. The molecule has 0 radical (unpaired) electrons. The largest absolute Gasteiger partial charge is 0.465 e. The highest BCUT2D eigenvalue weighted by Crippen LogP contribution is 2.38. The number of hydrogen-bond acceptors (Lipinski definition) is 7. The van der Waals surface area contributed by atoms with E-state index in [2.05, 4.69) is 10.1 Å². The Hall–Kier alpha value is -1.76. The molecule has 0 bridgehead atoms. The van der Waals surface area contributed by atoms with Gasteiger partial charge in [0.2, 0.25) is 0 Å². The molecule has 0 aromatic carbocycles. The number of nitrogens with one attached hydrogen (secondary N) is 1. The Morgan fingerprint density at radius 3 is 2.60 bits per heavy atom. The van der Waals surface area contributed by atoms with E-state index < -0.39 is 11.9 Å². The topological polar surface area (TPSA) is 90.6 Å². The minimum absolute atomic E-state index is 0.127. The molecule has 0 unspecified atom stereocenters. The molecule has 7 heteroatoms. The van der Waals surface area contributed by atoms with Gasteiger partial charge in [-0.3, -0.25) is 0 Å². The average molecular weight is 298 g/mol. The minimum Gasteiger partial charge on any atom is -0.465 e. The molecule has 3 N–H and O–H groups in total. The van der Waals surface area contributed by atoms with Gasteiger partial charge in [0.15, 0.2) is 0 Å². The van der Waals surface area contributed by atoms with Crippen molar-refractivity contribution in [3.8, 4) is 0 Å². The molecule has 1 saturated carbocycles. The molecule has 0 aliphatic heterocycles. The maximum atomic E-state index is 12.0. The molecular formula is C13H18N2O4S. The van der Waals surface area contributed by atoms with Gasteiger partial charge in [0, 0.05) is 6.04 Å². The van der Waals surface area contributed by atoms with E-state index in [4.69, 9.17) is 10.5 Å². The third-order valence-electron chi connectivity index (χ3n) is 3.24. The standard InChI is InChI=1S/C13H18N2O4S/c1-3-19-12(16)8-9(14)10(13(17)18-2)20-11(8)15-7-5-4-6-7/h7,15H,3-6,14H2,1-2H3. The third kappa shape index (κ3) is 2.72.